The molecule has 0 atom stereocenters. The van der Waals surface area contributed by atoms with E-state index in [0.717, 1.165) is 11.8 Å². The van der Waals surface area contributed by atoms with Crippen molar-refractivity contribution < 1.29 is 27.2 Å². The second kappa shape index (κ2) is 8.01. The Morgan fingerprint density at radius 2 is 1.88 bits per heavy atom. The van der Waals surface area contributed by atoms with Crippen molar-refractivity contribution >= 4 is 23.7 Å². The summed E-state index contributed by atoms with van der Waals surface area (Å²) in [5, 5.41) is 3.66. The van der Waals surface area contributed by atoms with Gasteiger partial charge in [-0.25, -0.2) is 14.2 Å². The Labute approximate surface area is 143 Å². The molecule has 1 heterocycles. The lowest BCUT2D eigenvalue weighted by Crippen LogP contribution is -2.43. The topological polar surface area (TPSA) is 86.9 Å². The number of carbonyl (C=O) groups excluding carboxylic acids is 2. The Morgan fingerprint density at radius 3 is 2.52 bits per heavy atom. The van der Waals surface area contributed by atoms with Crippen molar-refractivity contribution in [1.29, 1.82) is 0 Å². The molecule has 0 bridgehead atoms. The first-order valence-corrected chi connectivity index (χ1v) is 7.80. The second-order valence-corrected chi connectivity index (χ2v) is 5.71. The van der Waals surface area contributed by atoms with E-state index in [1.807, 2.05) is 0 Å². The van der Waals surface area contributed by atoms with Gasteiger partial charge in [0.2, 0.25) is 5.91 Å². The van der Waals surface area contributed by atoms with E-state index >= 15 is 0 Å². The number of halogens is 4. The van der Waals surface area contributed by atoms with Crippen LogP contribution in [-0.2, 0) is 4.79 Å². The Bertz CT molecular complexity index is 746. The Balaban J connectivity index is 1.80. The summed E-state index contributed by atoms with van der Waals surface area (Å²) in [6.07, 6.45) is -3.07. The Hall–Kier alpha value is -2.56. The van der Waals surface area contributed by atoms with Crippen LogP contribution in [0.1, 0.15) is 0 Å². The van der Waals surface area contributed by atoms with E-state index in [0.29, 0.717) is 16.4 Å². The van der Waals surface area contributed by atoms with Crippen LogP contribution in [0.5, 0.6) is 0 Å². The Kier molecular flexibility index (Phi) is 6.02. The summed E-state index contributed by atoms with van der Waals surface area (Å²) in [6.45, 7) is -1.53. The zero-order valence-corrected chi connectivity index (χ0v) is 13.3. The van der Waals surface area contributed by atoms with Crippen molar-refractivity contribution in [2.75, 3.05) is 12.3 Å². The minimum atomic E-state index is -4.56. The highest BCUT2D eigenvalue weighted by Crippen LogP contribution is 2.21. The number of benzene rings is 1. The van der Waals surface area contributed by atoms with Crippen LogP contribution in [0.15, 0.2) is 35.6 Å². The minimum Gasteiger partial charge on any atom is -0.333 e. The summed E-state index contributed by atoms with van der Waals surface area (Å²) in [4.78, 5) is 29.6. The van der Waals surface area contributed by atoms with Crippen LogP contribution in [0.4, 0.5) is 22.4 Å². The number of imidazole rings is 1. The van der Waals surface area contributed by atoms with Crippen molar-refractivity contribution in [3.8, 4) is 11.3 Å². The summed E-state index contributed by atoms with van der Waals surface area (Å²) in [7, 11) is 0. The first kappa shape index (κ1) is 18.8. The number of amides is 3. The lowest BCUT2D eigenvalue weighted by atomic mass is 10.2. The molecule has 3 N–H and O–H groups in total. The highest BCUT2D eigenvalue weighted by molar-refractivity contribution is 7.99. The van der Waals surface area contributed by atoms with Crippen LogP contribution >= 0.6 is 11.8 Å². The maximum absolute atomic E-state index is 12.9. The summed E-state index contributed by atoms with van der Waals surface area (Å²) >= 11 is 0.958. The summed E-state index contributed by atoms with van der Waals surface area (Å²) in [6, 6.07) is 4.45. The molecular formula is C14H12F4N4O2S. The van der Waals surface area contributed by atoms with E-state index in [1.165, 1.54) is 23.6 Å². The molecule has 1 aromatic carbocycles. The first-order chi connectivity index (χ1) is 11.7. The van der Waals surface area contributed by atoms with Crippen LogP contribution in [0.2, 0.25) is 0 Å². The minimum absolute atomic E-state index is 0.226. The molecule has 0 fully saturated rings. The predicted octanol–water partition coefficient (Wildman–Crippen LogP) is 2.70. The molecule has 1 aromatic heterocycles. The van der Waals surface area contributed by atoms with E-state index in [4.69, 9.17) is 0 Å². The van der Waals surface area contributed by atoms with Crippen molar-refractivity contribution in [3.63, 3.8) is 0 Å². The number of hydrogen-bond acceptors (Lipinski definition) is 4. The van der Waals surface area contributed by atoms with Crippen LogP contribution in [0, 0.1) is 5.82 Å². The molecule has 0 radical (unpaired) electrons. The molecule has 0 spiro atoms. The highest BCUT2D eigenvalue weighted by Gasteiger charge is 2.27. The van der Waals surface area contributed by atoms with Gasteiger partial charge >= 0.3 is 12.2 Å². The fourth-order valence-electron chi connectivity index (χ4n) is 1.67. The molecule has 3 amide bonds. The van der Waals surface area contributed by atoms with Crippen molar-refractivity contribution in [2.45, 2.75) is 11.3 Å². The third kappa shape index (κ3) is 6.45. The highest BCUT2D eigenvalue weighted by atomic mass is 32.2. The van der Waals surface area contributed by atoms with E-state index in [2.05, 4.69) is 9.97 Å². The second-order valence-electron chi connectivity index (χ2n) is 4.74. The molecule has 0 saturated carbocycles. The maximum atomic E-state index is 12.9. The number of urea groups is 1. The predicted molar refractivity (Wildman–Crippen MR) is 82.3 cm³/mol. The average molecular weight is 376 g/mol. The third-order valence-electron chi connectivity index (χ3n) is 2.75. The number of hydrogen-bond donors (Lipinski definition) is 3. The molecule has 0 aliphatic rings. The SMILES string of the molecule is O=C(CSc1ncc(-c2ccc(F)cc2)[nH]1)NC(=O)NCC(F)(F)F. The van der Waals surface area contributed by atoms with E-state index < -0.39 is 24.7 Å². The number of carbonyl (C=O) groups is 2. The lowest BCUT2D eigenvalue weighted by Gasteiger charge is -2.08. The monoisotopic (exact) mass is 376 g/mol. The van der Waals surface area contributed by atoms with Crippen LogP contribution in [0.25, 0.3) is 11.3 Å². The molecule has 0 saturated heterocycles. The maximum Gasteiger partial charge on any atom is 0.405 e. The fourth-order valence-corrected chi connectivity index (χ4v) is 2.32. The van der Waals surface area contributed by atoms with Gasteiger partial charge in [-0.2, -0.15) is 13.2 Å². The molecule has 25 heavy (non-hydrogen) atoms. The molecule has 11 heteroatoms. The molecule has 0 aliphatic carbocycles. The van der Waals surface area contributed by atoms with Gasteiger partial charge in [-0.1, -0.05) is 11.8 Å². The smallest absolute Gasteiger partial charge is 0.333 e. The zero-order chi connectivity index (χ0) is 18.4. The largest absolute Gasteiger partial charge is 0.405 e. The van der Waals surface area contributed by atoms with E-state index in [-0.39, 0.29) is 11.6 Å². The van der Waals surface area contributed by atoms with Crippen molar-refractivity contribution in [3.05, 3.63) is 36.3 Å². The molecule has 6 nitrogen and oxygen atoms in total. The van der Waals surface area contributed by atoms with Gasteiger partial charge in [0.1, 0.15) is 12.4 Å². The van der Waals surface area contributed by atoms with E-state index in [9.17, 15) is 27.2 Å². The molecule has 0 aliphatic heterocycles. The van der Waals surface area contributed by atoms with Gasteiger partial charge in [0, 0.05) is 0 Å². The summed E-state index contributed by atoms with van der Waals surface area (Å²) in [5.41, 5.74) is 1.29. The van der Waals surface area contributed by atoms with Gasteiger partial charge in [0.05, 0.1) is 17.6 Å². The molecule has 2 aromatic rings. The Morgan fingerprint density at radius 1 is 1.20 bits per heavy atom. The number of imide groups is 1. The van der Waals surface area contributed by atoms with Gasteiger partial charge in [0.25, 0.3) is 0 Å². The zero-order valence-electron chi connectivity index (χ0n) is 12.5. The number of nitrogens with one attached hydrogen (secondary N) is 3. The standard InChI is InChI=1S/C14H12F4N4O2S/c15-9-3-1-8(2-4-9)10-5-19-13(21-10)25-6-11(23)22-12(24)20-7-14(16,17)18/h1-5H,6-7H2,(H,19,21)(H2,20,22,23,24). The number of thioether (sulfide) groups is 1. The third-order valence-corrected chi connectivity index (χ3v) is 3.64. The average Bonchev–Trinajstić information content (AvgIpc) is 3.00. The van der Waals surface area contributed by atoms with Crippen molar-refractivity contribution in [2.24, 2.45) is 0 Å². The van der Waals surface area contributed by atoms with Gasteiger partial charge in [-0.15, -0.1) is 0 Å². The first-order valence-electron chi connectivity index (χ1n) is 6.81. The van der Waals surface area contributed by atoms with Crippen molar-refractivity contribution in [1.82, 2.24) is 20.6 Å². The fraction of sp³-hybridized carbons (Fsp3) is 0.214. The molecule has 2 rings (SSSR count). The number of H-pyrrole nitrogens is 1. The number of nitrogens with zero attached hydrogens (tertiary/aromatic N) is 1. The van der Waals surface area contributed by atoms with Crippen LogP contribution < -0.4 is 10.6 Å². The van der Waals surface area contributed by atoms with Gasteiger partial charge < -0.3 is 10.3 Å². The number of aromatic amines is 1. The van der Waals surface area contributed by atoms with Crippen LogP contribution in [-0.4, -0.2) is 40.4 Å². The quantitative estimate of drug-likeness (QED) is 0.553. The van der Waals surface area contributed by atoms with Crippen LogP contribution in [0.3, 0.4) is 0 Å². The van der Waals surface area contributed by atoms with Gasteiger partial charge in [-0.3, -0.25) is 10.1 Å². The number of aromatic nitrogens is 2. The molecular weight excluding hydrogens is 364 g/mol. The molecule has 0 unspecified atom stereocenters. The summed E-state index contributed by atoms with van der Waals surface area (Å²) in [5.74, 6) is -1.38. The molecule has 134 valence electrons. The normalized spacial score (nSPS) is 11.2. The number of rotatable bonds is 5. The van der Waals surface area contributed by atoms with Gasteiger partial charge in [-0.05, 0) is 29.8 Å². The lowest BCUT2D eigenvalue weighted by molar-refractivity contribution is -0.124. The van der Waals surface area contributed by atoms with Gasteiger partial charge in [0.15, 0.2) is 5.16 Å². The van der Waals surface area contributed by atoms with E-state index in [1.54, 1.807) is 17.4 Å². The summed E-state index contributed by atoms with van der Waals surface area (Å²) < 4.78 is 48.6. The number of alkyl halides is 3.